The van der Waals surface area contributed by atoms with Crippen LogP contribution in [-0.4, -0.2) is 54.3 Å². The summed E-state index contributed by atoms with van der Waals surface area (Å²) in [5, 5.41) is 5.11. The van der Waals surface area contributed by atoms with Gasteiger partial charge in [0.25, 0.3) is 0 Å². The van der Waals surface area contributed by atoms with E-state index in [1.165, 1.54) is 11.8 Å². The highest BCUT2D eigenvalue weighted by molar-refractivity contribution is 8.01. The van der Waals surface area contributed by atoms with Crippen LogP contribution in [0.5, 0.6) is 0 Å². The van der Waals surface area contributed by atoms with Crippen molar-refractivity contribution in [2.75, 3.05) is 48.7 Å². The highest BCUT2D eigenvalue weighted by Crippen LogP contribution is 2.30. The molecule has 0 unspecified atom stereocenters. The second kappa shape index (κ2) is 10.5. The zero-order valence-corrected chi connectivity index (χ0v) is 18.8. The number of benzene rings is 2. The van der Waals surface area contributed by atoms with Crippen LogP contribution in [0.25, 0.3) is 11.3 Å². The van der Waals surface area contributed by atoms with Gasteiger partial charge in [0.1, 0.15) is 0 Å². The van der Waals surface area contributed by atoms with E-state index in [0.29, 0.717) is 12.3 Å². The highest BCUT2D eigenvalue weighted by atomic mass is 32.2. The number of aromatic nitrogens is 1. The summed E-state index contributed by atoms with van der Waals surface area (Å²) in [6, 6.07) is 18.1. The fourth-order valence-corrected chi connectivity index (χ4v) is 5.14. The molecule has 1 amide bonds. The monoisotopic (exact) mass is 448 g/mol. The third-order valence-corrected chi connectivity index (χ3v) is 7.11. The Morgan fingerprint density at radius 1 is 1.10 bits per heavy atom. The largest absolute Gasteiger partial charge is 0.367 e. The van der Waals surface area contributed by atoms with Gasteiger partial charge < -0.3 is 10.2 Å². The van der Waals surface area contributed by atoms with E-state index in [9.17, 15) is 4.79 Å². The van der Waals surface area contributed by atoms with E-state index in [1.54, 1.807) is 11.3 Å². The number of hydrogen-bond acceptors (Lipinski definition) is 6. The van der Waals surface area contributed by atoms with Gasteiger partial charge in [-0.3, -0.25) is 9.69 Å². The number of carbonyl (C=O) groups excluding carboxylic acids is 1. The number of hydrogen-bond donors (Lipinski definition) is 1. The number of anilines is 2. The normalized spacial score (nSPS) is 14.2. The summed E-state index contributed by atoms with van der Waals surface area (Å²) in [6.45, 7) is 4.33. The average molecular weight is 449 g/mol. The maximum Gasteiger partial charge on any atom is 0.234 e. The summed E-state index contributed by atoms with van der Waals surface area (Å²) in [6.07, 6.45) is 5.43. The highest BCUT2D eigenvalue weighted by Gasteiger charge is 2.19. The molecule has 3 aromatic rings. The van der Waals surface area contributed by atoms with Crippen molar-refractivity contribution in [2.24, 2.45) is 0 Å². The predicted molar refractivity (Wildman–Crippen MR) is 131 cm³/mol. The number of amides is 1. The molecular formula is C24H24N4OS2. The van der Waals surface area contributed by atoms with E-state index in [-0.39, 0.29) is 5.91 Å². The molecule has 1 saturated heterocycles. The molecule has 1 N–H and O–H groups in total. The zero-order valence-electron chi connectivity index (χ0n) is 17.2. The molecule has 158 valence electrons. The Balaban J connectivity index is 1.33. The number of terminal acetylenes is 1. The van der Waals surface area contributed by atoms with Crippen molar-refractivity contribution in [3.8, 4) is 23.6 Å². The van der Waals surface area contributed by atoms with Crippen molar-refractivity contribution >= 4 is 40.4 Å². The van der Waals surface area contributed by atoms with Crippen LogP contribution in [0.2, 0.25) is 0 Å². The molecule has 0 saturated carbocycles. The van der Waals surface area contributed by atoms with Crippen LogP contribution in [0.3, 0.4) is 0 Å². The molecule has 0 spiro atoms. The van der Waals surface area contributed by atoms with Gasteiger partial charge in [-0.2, -0.15) is 0 Å². The second-order valence-electron chi connectivity index (χ2n) is 7.19. The Morgan fingerprint density at radius 3 is 2.61 bits per heavy atom. The molecule has 5 nitrogen and oxygen atoms in total. The molecule has 1 aliphatic heterocycles. The summed E-state index contributed by atoms with van der Waals surface area (Å²) < 4.78 is 0.895. The molecule has 7 heteroatoms. The number of thioether (sulfide) groups is 1. The number of piperazine rings is 1. The first-order chi connectivity index (χ1) is 15.2. The van der Waals surface area contributed by atoms with E-state index >= 15 is 0 Å². The van der Waals surface area contributed by atoms with Crippen molar-refractivity contribution in [1.82, 2.24) is 9.88 Å². The number of nitrogens with zero attached hydrogens (tertiary/aromatic N) is 3. The number of rotatable bonds is 7. The van der Waals surface area contributed by atoms with Crippen LogP contribution in [0, 0.1) is 12.3 Å². The van der Waals surface area contributed by atoms with Gasteiger partial charge >= 0.3 is 0 Å². The molecule has 1 aliphatic rings. The van der Waals surface area contributed by atoms with Gasteiger partial charge in [0.15, 0.2) is 4.34 Å². The van der Waals surface area contributed by atoms with Gasteiger partial charge in [0.2, 0.25) is 5.91 Å². The smallest absolute Gasteiger partial charge is 0.234 e. The van der Waals surface area contributed by atoms with Crippen LogP contribution in [-0.2, 0) is 4.79 Å². The van der Waals surface area contributed by atoms with Crippen LogP contribution in [0.15, 0.2) is 64.3 Å². The molecule has 1 fully saturated rings. The molecule has 1 aromatic heterocycles. The van der Waals surface area contributed by atoms with Crippen molar-refractivity contribution in [1.29, 1.82) is 0 Å². The number of nitrogens with one attached hydrogen (secondary N) is 1. The Hall–Kier alpha value is -2.79. The Morgan fingerprint density at radius 2 is 1.84 bits per heavy atom. The standard InChI is InChI=1S/C24H24N4OS2/c1-2-12-27-13-15-28(16-14-27)22-11-7-6-10-20(22)25-23(29)18-31-24-26-21(17-30-24)19-8-4-3-5-9-19/h1,3-11,17H,12-16,18H2,(H,25,29). The number of thiazole rings is 1. The van der Waals surface area contributed by atoms with Gasteiger partial charge in [-0.05, 0) is 12.1 Å². The maximum atomic E-state index is 12.6. The van der Waals surface area contributed by atoms with Crippen LogP contribution in [0.1, 0.15) is 0 Å². The lowest BCUT2D eigenvalue weighted by atomic mass is 10.2. The lowest BCUT2D eigenvalue weighted by Crippen LogP contribution is -2.46. The van der Waals surface area contributed by atoms with Crippen molar-refractivity contribution < 1.29 is 4.79 Å². The first kappa shape index (κ1) is 21.4. The van der Waals surface area contributed by atoms with Gasteiger partial charge in [0, 0.05) is 37.1 Å². The molecule has 2 aromatic carbocycles. The molecule has 0 aliphatic carbocycles. The van der Waals surface area contributed by atoms with Crippen LogP contribution in [0.4, 0.5) is 11.4 Å². The molecule has 31 heavy (non-hydrogen) atoms. The number of para-hydroxylation sites is 2. The fraction of sp³-hybridized carbons (Fsp3) is 0.250. The molecule has 2 heterocycles. The van der Waals surface area contributed by atoms with E-state index in [0.717, 1.165) is 53.2 Å². The van der Waals surface area contributed by atoms with Gasteiger partial charge in [-0.25, -0.2) is 4.98 Å². The first-order valence-electron chi connectivity index (χ1n) is 10.2. The Labute approximate surface area is 191 Å². The van der Waals surface area contributed by atoms with E-state index < -0.39 is 0 Å². The summed E-state index contributed by atoms with van der Waals surface area (Å²) in [5.74, 6) is 3.01. The van der Waals surface area contributed by atoms with E-state index in [2.05, 4.69) is 32.1 Å². The van der Waals surface area contributed by atoms with Crippen LogP contribution >= 0.6 is 23.1 Å². The second-order valence-corrected chi connectivity index (χ2v) is 9.27. The minimum atomic E-state index is -0.0279. The molecule has 0 radical (unpaired) electrons. The first-order valence-corrected chi connectivity index (χ1v) is 12.0. The summed E-state index contributed by atoms with van der Waals surface area (Å²) in [5.41, 5.74) is 3.94. The summed E-state index contributed by atoms with van der Waals surface area (Å²) >= 11 is 3.03. The molecule has 0 atom stereocenters. The van der Waals surface area contributed by atoms with Gasteiger partial charge in [-0.15, -0.1) is 17.8 Å². The third kappa shape index (κ3) is 5.67. The lowest BCUT2D eigenvalue weighted by Gasteiger charge is -2.36. The minimum absolute atomic E-state index is 0.0279. The van der Waals surface area contributed by atoms with Gasteiger partial charge in [0.05, 0.1) is 29.4 Å². The average Bonchev–Trinajstić information content (AvgIpc) is 3.29. The van der Waals surface area contributed by atoms with Gasteiger partial charge in [-0.1, -0.05) is 60.1 Å². The quantitative estimate of drug-likeness (QED) is 0.431. The summed E-state index contributed by atoms with van der Waals surface area (Å²) in [7, 11) is 0. The van der Waals surface area contributed by atoms with Crippen molar-refractivity contribution in [3.63, 3.8) is 0 Å². The third-order valence-electron chi connectivity index (χ3n) is 5.09. The SMILES string of the molecule is C#CCN1CCN(c2ccccc2NC(=O)CSc2nc(-c3ccccc3)cs2)CC1. The molecular weight excluding hydrogens is 424 g/mol. The van der Waals surface area contributed by atoms with E-state index in [1.807, 2.05) is 53.9 Å². The number of carbonyl (C=O) groups is 1. The zero-order chi connectivity index (χ0) is 21.5. The minimum Gasteiger partial charge on any atom is -0.367 e. The van der Waals surface area contributed by atoms with Crippen molar-refractivity contribution in [2.45, 2.75) is 4.34 Å². The Kier molecular flexibility index (Phi) is 7.26. The predicted octanol–water partition coefficient (Wildman–Crippen LogP) is 4.30. The molecule has 4 rings (SSSR count). The maximum absolute atomic E-state index is 12.6. The van der Waals surface area contributed by atoms with Crippen LogP contribution < -0.4 is 10.2 Å². The van der Waals surface area contributed by atoms with E-state index in [4.69, 9.17) is 6.42 Å². The fourth-order valence-electron chi connectivity index (χ4n) is 3.51. The lowest BCUT2D eigenvalue weighted by molar-refractivity contribution is -0.113. The topological polar surface area (TPSA) is 48.5 Å². The molecule has 0 bridgehead atoms. The summed E-state index contributed by atoms with van der Waals surface area (Å²) in [4.78, 5) is 21.9. The van der Waals surface area contributed by atoms with Crippen molar-refractivity contribution in [3.05, 3.63) is 60.0 Å². The Bertz CT molecular complexity index is 1050.